The molecule has 0 aromatic heterocycles. The number of hydrogen-bond acceptors (Lipinski definition) is 0. The molecule has 0 fully saturated rings. The van der Waals surface area contributed by atoms with Gasteiger partial charge in [-0.1, -0.05) is 92.6 Å². The highest BCUT2D eigenvalue weighted by Crippen LogP contribution is 2.38. The van der Waals surface area contributed by atoms with E-state index in [4.69, 9.17) is 0 Å². The maximum atomic E-state index is 3.85. The third-order valence-electron chi connectivity index (χ3n) is 6.57. The molecule has 0 spiro atoms. The van der Waals surface area contributed by atoms with Crippen molar-refractivity contribution in [3.63, 3.8) is 0 Å². The number of allylic oxidation sites excluding steroid dienone is 1. The van der Waals surface area contributed by atoms with Gasteiger partial charge in [0.2, 0.25) is 0 Å². The molecule has 1 aliphatic rings. The topological polar surface area (TPSA) is 0 Å². The van der Waals surface area contributed by atoms with E-state index < -0.39 is 0 Å². The van der Waals surface area contributed by atoms with E-state index in [1.165, 1.54) is 64.6 Å². The summed E-state index contributed by atoms with van der Waals surface area (Å²) >= 11 is 0. The average Bonchev–Trinajstić information content (AvgIpc) is 2.95. The minimum absolute atomic E-state index is 0.534. The van der Waals surface area contributed by atoms with Crippen molar-refractivity contribution in [2.75, 3.05) is 0 Å². The van der Waals surface area contributed by atoms with Crippen LogP contribution >= 0.6 is 0 Å². The Morgan fingerprint density at radius 2 is 1.53 bits per heavy atom. The van der Waals surface area contributed by atoms with Gasteiger partial charge in [-0.05, 0) is 83.4 Å². The highest BCUT2D eigenvalue weighted by atomic mass is 14.3. The SMILES string of the molecule is C=CCCc1ccc(C2Cc3ccccc3-c3ccc(CCCCC)cc3C2)cc1. The van der Waals surface area contributed by atoms with E-state index in [0.717, 1.165) is 25.7 Å². The van der Waals surface area contributed by atoms with Crippen LogP contribution in [0.25, 0.3) is 11.1 Å². The van der Waals surface area contributed by atoms with Crippen LogP contribution in [0.1, 0.15) is 66.3 Å². The lowest BCUT2D eigenvalue weighted by Gasteiger charge is -2.17. The first kappa shape index (κ1) is 20.7. The van der Waals surface area contributed by atoms with Crippen LogP contribution < -0.4 is 0 Å². The summed E-state index contributed by atoms with van der Waals surface area (Å²) in [5, 5.41) is 0. The molecule has 30 heavy (non-hydrogen) atoms. The van der Waals surface area contributed by atoms with Gasteiger partial charge in [-0.15, -0.1) is 6.58 Å². The van der Waals surface area contributed by atoms with Crippen LogP contribution in [0.2, 0.25) is 0 Å². The summed E-state index contributed by atoms with van der Waals surface area (Å²) < 4.78 is 0. The second-order valence-corrected chi connectivity index (χ2v) is 8.78. The Bertz CT molecular complexity index is 977. The molecule has 0 radical (unpaired) electrons. The van der Waals surface area contributed by atoms with Crippen LogP contribution in [0.5, 0.6) is 0 Å². The van der Waals surface area contributed by atoms with Crippen LogP contribution in [0.4, 0.5) is 0 Å². The fourth-order valence-corrected chi connectivity index (χ4v) is 4.84. The van der Waals surface area contributed by atoms with Gasteiger partial charge in [0.25, 0.3) is 0 Å². The van der Waals surface area contributed by atoms with Crippen molar-refractivity contribution < 1.29 is 0 Å². The molecular formula is C30H34. The summed E-state index contributed by atoms with van der Waals surface area (Å²) in [5.41, 5.74) is 10.3. The van der Waals surface area contributed by atoms with Crippen molar-refractivity contribution in [3.05, 3.63) is 107 Å². The maximum Gasteiger partial charge on any atom is -0.00806 e. The Morgan fingerprint density at radius 1 is 0.800 bits per heavy atom. The standard InChI is InChI=1S/C30H34/c1-3-5-7-11-24-16-19-30-28(20-24)22-27(21-26-12-8-9-13-29(26)30)25-17-14-23(15-18-25)10-6-4-2/h4,8-9,12-20,27H,2-3,5-7,10-11,21-22H2,1H3. The number of fused-ring (bicyclic) bond motifs is 3. The lowest BCUT2D eigenvalue weighted by molar-refractivity contribution is 0.685. The third kappa shape index (κ3) is 4.75. The minimum Gasteiger partial charge on any atom is -0.103 e. The summed E-state index contributed by atoms with van der Waals surface area (Å²) in [5.74, 6) is 0.534. The summed E-state index contributed by atoms with van der Waals surface area (Å²) in [6.45, 7) is 6.13. The molecule has 1 aliphatic carbocycles. The van der Waals surface area contributed by atoms with Gasteiger partial charge in [-0.25, -0.2) is 0 Å². The molecule has 0 saturated carbocycles. The van der Waals surface area contributed by atoms with Gasteiger partial charge in [-0.3, -0.25) is 0 Å². The molecule has 0 heterocycles. The first-order chi connectivity index (χ1) is 14.8. The predicted molar refractivity (Wildman–Crippen MR) is 130 cm³/mol. The fraction of sp³-hybridized carbons (Fsp3) is 0.333. The number of aryl methyl sites for hydroxylation is 2. The van der Waals surface area contributed by atoms with E-state index in [2.05, 4.69) is 80.2 Å². The Hall–Kier alpha value is -2.60. The van der Waals surface area contributed by atoms with E-state index in [0.29, 0.717) is 5.92 Å². The normalized spacial score (nSPS) is 15.2. The highest BCUT2D eigenvalue weighted by Gasteiger charge is 2.22. The second kappa shape index (κ2) is 9.94. The van der Waals surface area contributed by atoms with Gasteiger partial charge >= 0.3 is 0 Å². The maximum absolute atomic E-state index is 3.85. The van der Waals surface area contributed by atoms with Crippen molar-refractivity contribution in [1.82, 2.24) is 0 Å². The van der Waals surface area contributed by atoms with Crippen LogP contribution in [-0.4, -0.2) is 0 Å². The monoisotopic (exact) mass is 394 g/mol. The first-order valence-corrected chi connectivity index (χ1v) is 11.7. The van der Waals surface area contributed by atoms with Crippen molar-refractivity contribution >= 4 is 0 Å². The number of rotatable bonds is 8. The van der Waals surface area contributed by atoms with Gasteiger partial charge in [0, 0.05) is 0 Å². The molecule has 0 N–H and O–H groups in total. The molecule has 0 nitrogen and oxygen atoms in total. The van der Waals surface area contributed by atoms with Crippen molar-refractivity contribution in [2.24, 2.45) is 0 Å². The number of benzene rings is 3. The van der Waals surface area contributed by atoms with E-state index in [9.17, 15) is 0 Å². The summed E-state index contributed by atoms with van der Waals surface area (Å²) in [6.07, 6.45) is 11.5. The minimum atomic E-state index is 0.534. The van der Waals surface area contributed by atoms with Crippen LogP contribution in [-0.2, 0) is 25.7 Å². The lowest BCUT2D eigenvalue weighted by atomic mass is 9.87. The quantitative estimate of drug-likeness (QED) is 0.267. The zero-order chi connectivity index (χ0) is 20.8. The molecule has 0 amide bonds. The van der Waals surface area contributed by atoms with Gasteiger partial charge < -0.3 is 0 Å². The van der Waals surface area contributed by atoms with Crippen LogP contribution in [0.3, 0.4) is 0 Å². The number of hydrogen-bond donors (Lipinski definition) is 0. The van der Waals surface area contributed by atoms with Gasteiger partial charge in [0.05, 0.1) is 0 Å². The molecule has 0 heteroatoms. The van der Waals surface area contributed by atoms with Crippen molar-refractivity contribution in [3.8, 4) is 11.1 Å². The summed E-state index contributed by atoms with van der Waals surface area (Å²) in [4.78, 5) is 0. The van der Waals surface area contributed by atoms with Crippen molar-refractivity contribution in [1.29, 1.82) is 0 Å². The van der Waals surface area contributed by atoms with Crippen molar-refractivity contribution in [2.45, 2.75) is 64.2 Å². The molecule has 154 valence electrons. The molecule has 4 rings (SSSR count). The lowest BCUT2D eigenvalue weighted by Crippen LogP contribution is -2.06. The molecule has 0 aliphatic heterocycles. The Kier molecular flexibility index (Phi) is 6.84. The molecule has 1 atom stereocenters. The molecule has 0 bridgehead atoms. The van der Waals surface area contributed by atoms with Gasteiger partial charge in [0.15, 0.2) is 0 Å². The Morgan fingerprint density at radius 3 is 2.33 bits per heavy atom. The van der Waals surface area contributed by atoms with Gasteiger partial charge in [0.1, 0.15) is 0 Å². The van der Waals surface area contributed by atoms with E-state index in [-0.39, 0.29) is 0 Å². The second-order valence-electron chi connectivity index (χ2n) is 8.78. The van der Waals surface area contributed by atoms with E-state index in [1.54, 1.807) is 0 Å². The highest BCUT2D eigenvalue weighted by molar-refractivity contribution is 5.72. The summed E-state index contributed by atoms with van der Waals surface area (Å²) in [7, 11) is 0. The molecule has 3 aromatic rings. The molecule has 3 aromatic carbocycles. The van der Waals surface area contributed by atoms with E-state index >= 15 is 0 Å². The zero-order valence-electron chi connectivity index (χ0n) is 18.4. The average molecular weight is 395 g/mol. The smallest absolute Gasteiger partial charge is 0.00806 e. The predicted octanol–water partition coefficient (Wildman–Crippen LogP) is 8.09. The number of unbranched alkanes of at least 4 members (excludes halogenated alkanes) is 2. The molecule has 0 saturated heterocycles. The largest absolute Gasteiger partial charge is 0.103 e. The third-order valence-corrected chi connectivity index (χ3v) is 6.57. The zero-order valence-corrected chi connectivity index (χ0v) is 18.4. The van der Waals surface area contributed by atoms with Gasteiger partial charge in [-0.2, -0.15) is 0 Å². The summed E-state index contributed by atoms with van der Waals surface area (Å²) in [6, 6.07) is 25.6. The van der Waals surface area contributed by atoms with Crippen LogP contribution in [0.15, 0.2) is 79.4 Å². The molecule has 1 unspecified atom stereocenters. The fourth-order valence-electron chi connectivity index (χ4n) is 4.84. The molecular weight excluding hydrogens is 360 g/mol. The van der Waals surface area contributed by atoms with Crippen LogP contribution in [0, 0.1) is 0 Å². The first-order valence-electron chi connectivity index (χ1n) is 11.7. The van der Waals surface area contributed by atoms with E-state index in [1.807, 2.05) is 6.08 Å². The Balaban J connectivity index is 1.65. The Labute approximate surface area is 182 Å².